The zero-order valence-electron chi connectivity index (χ0n) is 14.7. The topological polar surface area (TPSA) is 95.9 Å². The summed E-state index contributed by atoms with van der Waals surface area (Å²) >= 11 is 0. The van der Waals surface area contributed by atoms with Gasteiger partial charge in [-0.1, -0.05) is 12.8 Å². The molecule has 7 heteroatoms. The first-order valence-electron chi connectivity index (χ1n) is 8.69. The van der Waals surface area contributed by atoms with E-state index in [2.05, 4.69) is 5.32 Å². The summed E-state index contributed by atoms with van der Waals surface area (Å²) in [6.45, 7) is 4.96. The van der Waals surface area contributed by atoms with Crippen molar-refractivity contribution in [1.29, 1.82) is 0 Å². The largest absolute Gasteiger partial charge is 0.480 e. The van der Waals surface area contributed by atoms with Crippen LogP contribution in [0.4, 0.5) is 4.79 Å². The predicted octanol–water partition coefficient (Wildman–Crippen LogP) is 2.15. The number of nitrogens with one attached hydrogen (secondary N) is 1. The Morgan fingerprint density at radius 2 is 1.88 bits per heavy atom. The molecule has 3 unspecified atom stereocenters. The van der Waals surface area contributed by atoms with Crippen molar-refractivity contribution < 1.29 is 24.2 Å². The Bertz CT molecular complexity index is 500. The number of rotatable bonds is 3. The molecule has 1 aliphatic heterocycles. The molecule has 7 nitrogen and oxygen atoms in total. The predicted molar refractivity (Wildman–Crippen MR) is 87.5 cm³/mol. The van der Waals surface area contributed by atoms with E-state index in [1.807, 2.05) is 0 Å². The molecule has 2 rings (SSSR count). The molecule has 1 saturated heterocycles. The lowest BCUT2D eigenvalue weighted by Gasteiger charge is -2.37. The molecule has 24 heavy (non-hydrogen) atoms. The van der Waals surface area contributed by atoms with Crippen LogP contribution in [0, 0.1) is 5.92 Å². The van der Waals surface area contributed by atoms with Gasteiger partial charge in [0.2, 0.25) is 5.91 Å². The number of carbonyl (C=O) groups is 3. The third-order valence-corrected chi connectivity index (χ3v) is 4.67. The summed E-state index contributed by atoms with van der Waals surface area (Å²) in [4.78, 5) is 37.5. The van der Waals surface area contributed by atoms with Crippen LogP contribution in [-0.2, 0) is 14.3 Å². The second-order valence-electron chi connectivity index (χ2n) is 7.75. The van der Waals surface area contributed by atoms with E-state index in [0.717, 1.165) is 32.1 Å². The number of nitrogens with zero attached hydrogens (tertiary/aromatic N) is 1. The van der Waals surface area contributed by atoms with Gasteiger partial charge in [-0.15, -0.1) is 0 Å². The number of fused-ring (bicyclic) bond motifs is 1. The minimum atomic E-state index is -1.02. The molecule has 1 heterocycles. The van der Waals surface area contributed by atoms with Gasteiger partial charge in [-0.2, -0.15) is 0 Å². The van der Waals surface area contributed by atoms with E-state index >= 15 is 0 Å². The van der Waals surface area contributed by atoms with E-state index < -0.39 is 23.7 Å². The number of carboxylic acids is 1. The lowest BCUT2D eigenvalue weighted by atomic mass is 9.81. The minimum absolute atomic E-state index is 0.0345. The van der Waals surface area contributed by atoms with Crippen molar-refractivity contribution in [2.75, 3.05) is 6.54 Å². The van der Waals surface area contributed by atoms with Gasteiger partial charge in [0.05, 0.1) is 0 Å². The average molecular weight is 340 g/mol. The van der Waals surface area contributed by atoms with E-state index in [-0.39, 0.29) is 18.5 Å². The Labute approximate surface area is 142 Å². The highest BCUT2D eigenvalue weighted by molar-refractivity contribution is 5.88. The third-order valence-electron chi connectivity index (χ3n) is 4.67. The highest BCUT2D eigenvalue weighted by atomic mass is 16.6. The normalized spacial score (nSPS) is 27.9. The van der Waals surface area contributed by atoms with Crippen molar-refractivity contribution in [3.63, 3.8) is 0 Å². The van der Waals surface area contributed by atoms with E-state index in [1.54, 1.807) is 20.8 Å². The van der Waals surface area contributed by atoms with Gasteiger partial charge in [-0.3, -0.25) is 9.59 Å². The number of carboxylic acid groups (broad SMARTS) is 1. The van der Waals surface area contributed by atoms with Gasteiger partial charge in [0.1, 0.15) is 18.2 Å². The number of amides is 2. The van der Waals surface area contributed by atoms with Gasteiger partial charge < -0.3 is 20.1 Å². The van der Waals surface area contributed by atoms with Crippen LogP contribution in [0.1, 0.15) is 59.3 Å². The number of ether oxygens (including phenoxy) is 1. The fourth-order valence-corrected chi connectivity index (χ4v) is 3.73. The van der Waals surface area contributed by atoms with Crippen LogP contribution in [-0.4, -0.2) is 52.2 Å². The molecule has 0 aromatic rings. The fourth-order valence-electron chi connectivity index (χ4n) is 3.73. The Balaban J connectivity index is 2.13. The Morgan fingerprint density at radius 1 is 1.21 bits per heavy atom. The summed E-state index contributed by atoms with van der Waals surface area (Å²) in [5.41, 5.74) is -0.646. The fraction of sp³-hybridized carbons (Fsp3) is 0.824. The molecule has 136 valence electrons. The van der Waals surface area contributed by atoms with Gasteiger partial charge in [-0.05, 0) is 52.4 Å². The number of aliphatic carboxylic acids is 1. The molecule has 0 bridgehead atoms. The molecule has 1 saturated carbocycles. The Kier molecular flexibility index (Phi) is 5.72. The molecule has 2 aliphatic rings. The smallest absolute Gasteiger partial charge is 0.408 e. The molecular formula is C17H28N2O5. The lowest BCUT2D eigenvalue weighted by Crippen LogP contribution is -2.53. The highest BCUT2D eigenvalue weighted by Gasteiger charge is 2.40. The summed E-state index contributed by atoms with van der Waals surface area (Å²) in [5, 5.41) is 11.8. The third kappa shape index (κ3) is 4.85. The molecule has 0 aromatic heterocycles. The van der Waals surface area contributed by atoms with Gasteiger partial charge in [0.15, 0.2) is 0 Å². The monoisotopic (exact) mass is 340 g/mol. The van der Waals surface area contributed by atoms with Crippen LogP contribution in [0.5, 0.6) is 0 Å². The number of hydrogen-bond donors (Lipinski definition) is 2. The zero-order valence-corrected chi connectivity index (χ0v) is 14.7. The first-order chi connectivity index (χ1) is 11.2. The van der Waals surface area contributed by atoms with E-state index in [9.17, 15) is 19.5 Å². The second kappa shape index (κ2) is 7.40. The standard InChI is InChI=1S/C17H28N2O5/c1-17(2,3)24-16(23)18-12-9-8-11-6-4-5-7-13(11)19(15(12)22)10-14(20)21/h11-13H,4-10H2,1-3H3,(H,18,23)(H,20,21). The maximum Gasteiger partial charge on any atom is 0.408 e. The molecule has 3 atom stereocenters. The van der Waals surface area contributed by atoms with Crippen LogP contribution in [0.25, 0.3) is 0 Å². The van der Waals surface area contributed by atoms with Gasteiger partial charge in [0.25, 0.3) is 0 Å². The summed E-state index contributed by atoms with van der Waals surface area (Å²) in [6.07, 6.45) is 4.66. The number of carbonyl (C=O) groups excluding carboxylic acids is 2. The Morgan fingerprint density at radius 3 is 2.50 bits per heavy atom. The van der Waals surface area contributed by atoms with Gasteiger partial charge >= 0.3 is 12.1 Å². The molecule has 1 aliphatic carbocycles. The van der Waals surface area contributed by atoms with Crippen molar-refractivity contribution in [1.82, 2.24) is 10.2 Å². The van der Waals surface area contributed by atoms with Crippen LogP contribution in [0.15, 0.2) is 0 Å². The maximum atomic E-state index is 12.8. The van der Waals surface area contributed by atoms with Crippen molar-refractivity contribution in [2.45, 2.75) is 77.0 Å². The molecule has 2 fully saturated rings. The average Bonchev–Trinajstić information content (AvgIpc) is 2.57. The summed E-state index contributed by atoms with van der Waals surface area (Å²) in [5.74, 6) is -1.02. The first-order valence-corrected chi connectivity index (χ1v) is 8.69. The van der Waals surface area contributed by atoms with E-state index in [0.29, 0.717) is 12.3 Å². The second-order valence-corrected chi connectivity index (χ2v) is 7.75. The van der Waals surface area contributed by atoms with Crippen LogP contribution >= 0.6 is 0 Å². The zero-order chi connectivity index (χ0) is 17.9. The maximum absolute atomic E-state index is 12.8. The first kappa shape index (κ1) is 18.5. The van der Waals surface area contributed by atoms with Crippen molar-refractivity contribution in [3.05, 3.63) is 0 Å². The molecule has 0 aromatic carbocycles. The summed E-state index contributed by atoms with van der Waals surface area (Å²) in [6, 6.07) is -0.752. The highest BCUT2D eigenvalue weighted by Crippen LogP contribution is 2.35. The number of likely N-dealkylation sites (tertiary alicyclic amines) is 1. The quantitative estimate of drug-likeness (QED) is 0.820. The van der Waals surface area contributed by atoms with E-state index in [1.165, 1.54) is 4.90 Å². The molecule has 2 amide bonds. The number of alkyl carbamates (subject to hydrolysis) is 1. The van der Waals surface area contributed by atoms with Crippen LogP contribution in [0.3, 0.4) is 0 Å². The van der Waals surface area contributed by atoms with Crippen molar-refractivity contribution in [2.24, 2.45) is 5.92 Å². The number of hydrogen-bond acceptors (Lipinski definition) is 4. The van der Waals surface area contributed by atoms with Crippen molar-refractivity contribution >= 4 is 18.0 Å². The lowest BCUT2D eigenvalue weighted by molar-refractivity contribution is -0.147. The SMILES string of the molecule is CC(C)(C)OC(=O)NC1CCC2CCCCC2N(CC(=O)O)C1=O. The summed E-state index contributed by atoms with van der Waals surface area (Å²) < 4.78 is 5.23. The molecule has 2 N–H and O–H groups in total. The molecular weight excluding hydrogens is 312 g/mol. The van der Waals surface area contributed by atoms with Gasteiger partial charge in [0, 0.05) is 6.04 Å². The van der Waals surface area contributed by atoms with E-state index in [4.69, 9.17) is 4.74 Å². The molecule has 0 spiro atoms. The van der Waals surface area contributed by atoms with Crippen LogP contribution < -0.4 is 5.32 Å². The van der Waals surface area contributed by atoms with Crippen LogP contribution in [0.2, 0.25) is 0 Å². The van der Waals surface area contributed by atoms with Gasteiger partial charge in [-0.25, -0.2) is 4.79 Å². The molecule has 0 radical (unpaired) electrons. The Hall–Kier alpha value is -1.79. The minimum Gasteiger partial charge on any atom is -0.480 e. The van der Waals surface area contributed by atoms with Crippen molar-refractivity contribution in [3.8, 4) is 0 Å². The summed E-state index contributed by atoms with van der Waals surface area (Å²) in [7, 11) is 0.